The van der Waals surface area contributed by atoms with Crippen molar-refractivity contribution in [2.24, 2.45) is 0 Å². The Morgan fingerprint density at radius 2 is 1.80 bits per heavy atom. The molecular formula is C22H27FN6O. The molecule has 158 valence electrons. The van der Waals surface area contributed by atoms with Gasteiger partial charge in [-0.3, -0.25) is 9.80 Å². The summed E-state index contributed by atoms with van der Waals surface area (Å²) in [5, 5.41) is 12.8. The van der Waals surface area contributed by atoms with Crippen molar-refractivity contribution in [1.82, 2.24) is 30.0 Å². The van der Waals surface area contributed by atoms with Gasteiger partial charge in [-0.1, -0.05) is 25.0 Å². The third-order valence-corrected chi connectivity index (χ3v) is 6.35. The van der Waals surface area contributed by atoms with Gasteiger partial charge in [0.1, 0.15) is 11.6 Å². The molecule has 2 aliphatic rings. The Hall–Kier alpha value is -2.58. The summed E-state index contributed by atoms with van der Waals surface area (Å²) < 4.78 is 21.1. The van der Waals surface area contributed by atoms with Crippen LogP contribution in [0.25, 0.3) is 0 Å². The van der Waals surface area contributed by atoms with Crippen LogP contribution < -0.4 is 0 Å². The van der Waals surface area contributed by atoms with E-state index in [9.17, 15) is 4.39 Å². The number of rotatable bonds is 6. The summed E-state index contributed by atoms with van der Waals surface area (Å²) in [4.78, 5) is 4.82. The molecule has 7 nitrogen and oxygen atoms in total. The molecule has 0 bridgehead atoms. The van der Waals surface area contributed by atoms with E-state index in [1.54, 1.807) is 6.26 Å². The molecule has 2 fully saturated rings. The molecule has 0 N–H and O–H groups in total. The summed E-state index contributed by atoms with van der Waals surface area (Å²) in [6, 6.07) is 11.0. The van der Waals surface area contributed by atoms with E-state index in [1.807, 2.05) is 28.9 Å². The maximum absolute atomic E-state index is 13.6. The number of tetrazole rings is 1. The number of halogens is 1. The van der Waals surface area contributed by atoms with Crippen molar-refractivity contribution in [3.63, 3.8) is 0 Å². The number of hydrogen-bond acceptors (Lipinski definition) is 6. The van der Waals surface area contributed by atoms with Crippen LogP contribution in [-0.2, 0) is 6.54 Å². The summed E-state index contributed by atoms with van der Waals surface area (Å²) in [6.07, 6.45) is 6.39. The van der Waals surface area contributed by atoms with Gasteiger partial charge in [-0.25, -0.2) is 9.07 Å². The Morgan fingerprint density at radius 3 is 2.50 bits per heavy atom. The fraction of sp³-hybridized carbons (Fsp3) is 0.500. The first-order valence-electron chi connectivity index (χ1n) is 10.8. The Bertz CT molecular complexity index is 927. The van der Waals surface area contributed by atoms with Gasteiger partial charge in [0, 0.05) is 26.2 Å². The Labute approximate surface area is 175 Å². The van der Waals surface area contributed by atoms with Gasteiger partial charge in [-0.05, 0) is 53.1 Å². The monoisotopic (exact) mass is 410 g/mol. The van der Waals surface area contributed by atoms with E-state index >= 15 is 0 Å². The summed E-state index contributed by atoms with van der Waals surface area (Å²) in [7, 11) is 0. The molecule has 5 rings (SSSR count). The average molecular weight is 410 g/mol. The van der Waals surface area contributed by atoms with Gasteiger partial charge in [0.2, 0.25) is 0 Å². The van der Waals surface area contributed by atoms with Crippen molar-refractivity contribution in [1.29, 1.82) is 0 Å². The summed E-state index contributed by atoms with van der Waals surface area (Å²) in [5.41, 5.74) is 1.03. The van der Waals surface area contributed by atoms with Crippen LogP contribution in [0.4, 0.5) is 4.39 Å². The van der Waals surface area contributed by atoms with E-state index in [0.717, 1.165) is 62.7 Å². The van der Waals surface area contributed by atoms with Crippen LogP contribution in [0.3, 0.4) is 0 Å². The van der Waals surface area contributed by atoms with E-state index < -0.39 is 0 Å². The van der Waals surface area contributed by atoms with Gasteiger partial charge in [0.05, 0.1) is 24.9 Å². The van der Waals surface area contributed by atoms with Crippen LogP contribution in [0.2, 0.25) is 0 Å². The van der Waals surface area contributed by atoms with Crippen LogP contribution in [0.1, 0.15) is 54.9 Å². The molecule has 8 heteroatoms. The number of hydrogen-bond donors (Lipinski definition) is 0. The van der Waals surface area contributed by atoms with E-state index in [4.69, 9.17) is 4.42 Å². The molecule has 3 aromatic rings. The topological polar surface area (TPSA) is 63.2 Å². The van der Waals surface area contributed by atoms with E-state index in [2.05, 4.69) is 25.3 Å². The minimum absolute atomic E-state index is 0.0769. The molecule has 1 saturated heterocycles. The molecule has 0 amide bonds. The van der Waals surface area contributed by atoms with Gasteiger partial charge < -0.3 is 4.42 Å². The minimum atomic E-state index is -0.226. The highest BCUT2D eigenvalue weighted by atomic mass is 19.1. The van der Waals surface area contributed by atoms with Crippen molar-refractivity contribution in [2.45, 2.75) is 44.3 Å². The number of furan rings is 1. The number of aromatic nitrogens is 4. The minimum Gasteiger partial charge on any atom is -0.468 e. The molecule has 30 heavy (non-hydrogen) atoms. The fourth-order valence-corrected chi connectivity index (χ4v) is 4.76. The van der Waals surface area contributed by atoms with Gasteiger partial charge in [0.25, 0.3) is 0 Å². The molecule has 1 aliphatic carbocycles. The SMILES string of the molecule is Fc1ccc(C(c2nnnn2C2CCCC2)N2CCN(Cc3ccco3)CC2)cc1. The molecule has 1 aromatic carbocycles. The van der Waals surface area contributed by atoms with E-state index in [-0.39, 0.29) is 11.9 Å². The molecular weight excluding hydrogens is 383 g/mol. The molecule has 0 radical (unpaired) electrons. The van der Waals surface area contributed by atoms with Gasteiger partial charge in [-0.2, -0.15) is 0 Å². The maximum Gasteiger partial charge on any atom is 0.173 e. The summed E-state index contributed by atoms with van der Waals surface area (Å²) in [5.74, 6) is 1.63. The number of nitrogens with zero attached hydrogens (tertiary/aromatic N) is 6. The summed E-state index contributed by atoms with van der Waals surface area (Å²) >= 11 is 0. The number of piperazine rings is 1. The Kier molecular flexibility index (Phi) is 5.59. The van der Waals surface area contributed by atoms with Crippen LogP contribution in [0.5, 0.6) is 0 Å². The van der Waals surface area contributed by atoms with Crippen LogP contribution in [-0.4, -0.2) is 56.2 Å². The highest BCUT2D eigenvalue weighted by molar-refractivity contribution is 5.26. The largest absolute Gasteiger partial charge is 0.468 e. The third kappa shape index (κ3) is 4.02. The Morgan fingerprint density at radius 1 is 1.03 bits per heavy atom. The third-order valence-electron chi connectivity index (χ3n) is 6.35. The molecule has 1 atom stereocenters. The summed E-state index contributed by atoms with van der Waals surface area (Å²) in [6.45, 7) is 4.47. The molecule has 2 aromatic heterocycles. The van der Waals surface area contributed by atoms with Crippen molar-refractivity contribution in [3.05, 3.63) is 65.6 Å². The van der Waals surface area contributed by atoms with Crippen LogP contribution in [0, 0.1) is 5.82 Å². The van der Waals surface area contributed by atoms with Gasteiger partial charge in [-0.15, -0.1) is 5.10 Å². The fourth-order valence-electron chi connectivity index (χ4n) is 4.76. The number of benzene rings is 1. The maximum atomic E-state index is 13.6. The zero-order chi connectivity index (χ0) is 20.3. The second kappa shape index (κ2) is 8.65. The second-order valence-electron chi connectivity index (χ2n) is 8.27. The van der Waals surface area contributed by atoms with Crippen molar-refractivity contribution < 1.29 is 8.81 Å². The normalized spacial score (nSPS) is 20.0. The first-order valence-corrected chi connectivity index (χ1v) is 10.8. The molecule has 1 aliphatic heterocycles. The molecule has 3 heterocycles. The van der Waals surface area contributed by atoms with Crippen molar-refractivity contribution >= 4 is 0 Å². The van der Waals surface area contributed by atoms with Crippen molar-refractivity contribution in [2.75, 3.05) is 26.2 Å². The lowest BCUT2D eigenvalue weighted by molar-refractivity contribution is 0.0947. The van der Waals surface area contributed by atoms with Crippen molar-refractivity contribution in [3.8, 4) is 0 Å². The predicted molar refractivity (Wildman–Crippen MR) is 109 cm³/mol. The standard InChI is InChI=1S/C22H27FN6O/c23-18-9-7-17(8-10-18)21(22-24-25-26-29(22)19-4-1-2-5-19)28-13-11-27(12-14-28)16-20-6-3-15-30-20/h3,6-10,15,19,21H,1-2,4-5,11-14,16H2. The van der Waals surface area contributed by atoms with Crippen LogP contribution in [0.15, 0.2) is 47.1 Å². The smallest absolute Gasteiger partial charge is 0.173 e. The lowest BCUT2D eigenvalue weighted by Gasteiger charge is -2.38. The predicted octanol–water partition coefficient (Wildman–Crippen LogP) is 3.43. The first-order chi connectivity index (χ1) is 14.8. The zero-order valence-electron chi connectivity index (χ0n) is 17.0. The highest BCUT2D eigenvalue weighted by Gasteiger charge is 2.33. The Balaban J connectivity index is 1.39. The van der Waals surface area contributed by atoms with Gasteiger partial charge in [0.15, 0.2) is 5.82 Å². The van der Waals surface area contributed by atoms with E-state index in [0.29, 0.717) is 6.04 Å². The highest BCUT2D eigenvalue weighted by Crippen LogP contribution is 2.34. The lowest BCUT2D eigenvalue weighted by atomic mass is 10.0. The average Bonchev–Trinajstić information content (AvgIpc) is 3.54. The van der Waals surface area contributed by atoms with E-state index in [1.165, 1.54) is 25.0 Å². The molecule has 1 saturated carbocycles. The molecule has 1 unspecified atom stereocenters. The second-order valence-corrected chi connectivity index (χ2v) is 8.27. The van der Waals surface area contributed by atoms with Crippen LogP contribution >= 0.6 is 0 Å². The molecule has 0 spiro atoms. The zero-order valence-corrected chi connectivity index (χ0v) is 17.0. The van der Waals surface area contributed by atoms with Gasteiger partial charge >= 0.3 is 0 Å². The first kappa shape index (κ1) is 19.4. The lowest BCUT2D eigenvalue weighted by Crippen LogP contribution is -2.48. The quantitative estimate of drug-likeness (QED) is 0.620.